The highest BCUT2D eigenvalue weighted by Gasteiger charge is 2.24. The molecule has 0 saturated carbocycles. The van der Waals surface area contributed by atoms with Crippen LogP contribution in [0.5, 0.6) is 17.4 Å². The molecule has 32 heavy (non-hydrogen) atoms. The number of methoxy groups -OCH3 is 1. The number of benzene rings is 2. The lowest BCUT2D eigenvalue weighted by molar-refractivity contribution is 0.0916. The minimum atomic E-state index is -0.653. The standard InChI is InChI=1S/C24H21ClN2O5/c1-15-18(13-26)23(29)27(12-11-16-7-9-17(31-2)10-8-16)24(30)22(15)20(28)14-32-21-6-4-3-5-19(21)25/h3-10,30H,11-12,14H2,1-2H3. The maximum absolute atomic E-state index is 12.9. The molecule has 164 valence electrons. The molecule has 0 unspecified atom stereocenters. The molecule has 0 radical (unpaired) electrons. The van der Waals surface area contributed by atoms with E-state index in [-0.39, 0.29) is 23.2 Å². The average Bonchev–Trinajstić information content (AvgIpc) is 2.79. The number of carbonyl (C=O) groups excluding carboxylic acids is 1. The Hall–Kier alpha value is -3.76. The van der Waals surface area contributed by atoms with Crippen LogP contribution in [0.25, 0.3) is 0 Å². The summed E-state index contributed by atoms with van der Waals surface area (Å²) in [4.78, 5) is 25.6. The first-order valence-corrected chi connectivity index (χ1v) is 10.1. The van der Waals surface area contributed by atoms with Crippen LogP contribution in [0.2, 0.25) is 5.02 Å². The Balaban J connectivity index is 1.90. The summed E-state index contributed by atoms with van der Waals surface area (Å²) in [7, 11) is 1.57. The SMILES string of the molecule is COc1ccc(CCn2c(O)c(C(=O)COc3ccccc3Cl)c(C)c(C#N)c2=O)cc1. The number of rotatable bonds is 8. The third kappa shape index (κ3) is 4.76. The minimum absolute atomic E-state index is 0.0810. The van der Waals surface area contributed by atoms with Gasteiger partial charge in [0.05, 0.1) is 17.7 Å². The number of pyridine rings is 1. The van der Waals surface area contributed by atoms with Crippen LogP contribution >= 0.6 is 11.6 Å². The van der Waals surface area contributed by atoms with E-state index in [1.807, 2.05) is 18.2 Å². The molecule has 7 nitrogen and oxygen atoms in total. The molecule has 1 aromatic heterocycles. The number of nitriles is 1. The van der Waals surface area contributed by atoms with E-state index in [0.29, 0.717) is 22.9 Å². The summed E-state index contributed by atoms with van der Waals surface area (Å²) in [5.41, 5.74) is 0.0377. The van der Waals surface area contributed by atoms with Crippen molar-refractivity contribution < 1.29 is 19.4 Å². The quantitative estimate of drug-likeness (QED) is 0.520. The molecule has 0 aliphatic carbocycles. The summed E-state index contributed by atoms with van der Waals surface area (Å²) in [5.74, 6) is -0.0577. The van der Waals surface area contributed by atoms with Crippen molar-refractivity contribution in [2.75, 3.05) is 13.7 Å². The topological polar surface area (TPSA) is 102 Å². The van der Waals surface area contributed by atoms with Crippen LogP contribution in [0.4, 0.5) is 0 Å². The number of aromatic nitrogens is 1. The molecule has 0 spiro atoms. The molecule has 0 aliphatic heterocycles. The van der Waals surface area contributed by atoms with E-state index in [9.17, 15) is 20.0 Å². The lowest BCUT2D eigenvalue weighted by Crippen LogP contribution is -2.28. The van der Waals surface area contributed by atoms with E-state index in [1.165, 1.54) is 6.92 Å². The number of nitrogens with zero attached hydrogens (tertiary/aromatic N) is 2. The van der Waals surface area contributed by atoms with Gasteiger partial charge in [-0.1, -0.05) is 35.9 Å². The van der Waals surface area contributed by atoms with Gasteiger partial charge in [-0.3, -0.25) is 14.2 Å². The highest BCUT2D eigenvalue weighted by atomic mass is 35.5. The number of aryl methyl sites for hydroxylation is 1. The van der Waals surface area contributed by atoms with Crippen molar-refractivity contribution in [1.29, 1.82) is 5.26 Å². The fourth-order valence-corrected chi connectivity index (χ4v) is 3.49. The van der Waals surface area contributed by atoms with Gasteiger partial charge in [0.1, 0.15) is 23.1 Å². The number of ether oxygens (including phenoxy) is 2. The summed E-state index contributed by atoms with van der Waals surface area (Å²) < 4.78 is 11.7. The number of para-hydroxylation sites is 1. The predicted octanol–water partition coefficient (Wildman–Crippen LogP) is 3.90. The van der Waals surface area contributed by atoms with Crippen LogP contribution in [0, 0.1) is 18.3 Å². The maximum atomic E-state index is 12.9. The second-order valence-electron chi connectivity index (χ2n) is 7.01. The Labute approximate surface area is 190 Å². The van der Waals surface area contributed by atoms with Gasteiger partial charge >= 0.3 is 0 Å². The number of hydrogen-bond acceptors (Lipinski definition) is 6. The number of hydrogen-bond donors (Lipinski definition) is 1. The van der Waals surface area contributed by atoms with Gasteiger partial charge in [0, 0.05) is 6.54 Å². The second kappa shape index (κ2) is 10.0. The van der Waals surface area contributed by atoms with Gasteiger partial charge in [-0.2, -0.15) is 5.26 Å². The number of carbonyl (C=O) groups is 1. The Morgan fingerprint density at radius 1 is 1.19 bits per heavy atom. The van der Waals surface area contributed by atoms with E-state index in [2.05, 4.69) is 0 Å². The summed E-state index contributed by atoms with van der Waals surface area (Å²) in [6, 6.07) is 15.8. The zero-order valence-electron chi connectivity index (χ0n) is 17.6. The Morgan fingerprint density at radius 2 is 1.88 bits per heavy atom. The summed E-state index contributed by atoms with van der Waals surface area (Å²) >= 11 is 6.05. The van der Waals surface area contributed by atoms with Crippen LogP contribution in [0.3, 0.4) is 0 Å². The normalized spacial score (nSPS) is 10.4. The molecule has 2 aromatic carbocycles. The highest BCUT2D eigenvalue weighted by Crippen LogP contribution is 2.26. The second-order valence-corrected chi connectivity index (χ2v) is 7.41. The Bertz CT molecular complexity index is 1240. The maximum Gasteiger partial charge on any atom is 0.271 e. The first-order valence-electron chi connectivity index (χ1n) is 9.77. The van der Waals surface area contributed by atoms with Crippen LogP contribution in [-0.4, -0.2) is 29.2 Å². The van der Waals surface area contributed by atoms with Gasteiger partial charge in [0.2, 0.25) is 11.7 Å². The first kappa shape index (κ1) is 22.9. The molecule has 0 bridgehead atoms. The number of aromatic hydroxyl groups is 1. The van der Waals surface area contributed by atoms with Crippen LogP contribution in [0.1, 0.15) is 27.0 Å². The zero-order valence-corrected chi connectivity index (χ0v) is 18.3. The Kier molecular flexibility index (Phi) is 7.18. The molecule has 0 aliphatic rings. The molecule has 8 heteroatoms. The van der Waals surface area contributed by atoms with E-state index in [4.69, 9.17) is 21.1 Å². The fourth-order valence-electron chi connectivity index (χ4n) is 3.30. The predicted molar refractivity (Wildman–Crippen MR) is 120 cm³/mol. The van der Waals surface area contributed by atoms with Gasteiger partial charge in [-0.15, -0.1) is 0 Å². The van der Waals surface area contributed by atoms with E-state index in [1.54, 1.807) is 43.5 Å². The van der Waals surface area contributed by atoms with E-state index in [0.717, 1.165) is 10.1 Å². The van der Waals surface area contributed by atoms with Crippen molar-refractivity contribution >= 4 is 17.4 Å². The minimum Gasteiger partial charge on any atom is -0.497 e. The van der Waals surface area contributed by atoms with Crippen molar-refractivity contribution in [2.45, 2.75) is 19.9 Å². The molecule has 3 rings (SSSR count). The van der Waals surface area contributed by atoms with Crippen molar-refractivity contribution in [3.8, 4) is 23.4 Å². The third-order valence-electron chi connectivity index (χ3n) is 5.06. The fraction of sp³-hybridized carbons (Fsp3) is 0.208. The largest absolute Gasteiger partial charge is 0.497 e. The van der Waals surface area contributed by atoms with Crippen molar-refractivity contribution in [3.63, 3.8) is 0 Å². The monoisotopic (exact) mass is 452 g/mol. The number of Topliss-reactive ketones (excluding diaryl/α,β-unsaturated/α-hetero) is 1. The summed E-state index contributed by atoms with van der Waals surface area (Å²) in [6.45, 7) is 1.12. The van der Waals surface area contributed by atoms with Crippen LogP contribution in [-0.2, 0) is 13.0 Å². The lowest BCUT2D eigenvalue weighted by Gasteiger charge is -2.16. The van der Waals surface area contributed by atoms with Gasteiger partial charge < -0.3 is 14.6 Å². The van der Waals surface area contributed by atoms with E-state index >= 15 is 0 Å². The molecule has 3 aromatic rings. The summed E-state index contributed by atoms with van der Waals surface area (Å²) in [6.07, 6.45) is 0.398. The molecular weight excluding hydrogens is 432 g/mol. The molecule has 1 N–H and O–H groups in total. The van der Waals surface area contributed by atoms with E-state index < -0.39 is 23.8 Å². The number of halogens is 1. The summed E-state index contributed by atoms with van der Waals surface area (Å²) in [5, 5.41) is 20.6. The van der Waals surface area contributed by atoms with Crippen LogP contribution in [0.15, 0.2) is 53.3 Å². The van der Waals surface area contributed by atoms with Gasteiger partial charge in [-0.25, -0.2) is 0 Å². The van der Waals surface area contributed by atoms with Gasteiger partial charge in [-0.05, 0) is 48.7 Å². The van der Waals surface area contributed by atoms with Crippen LogP contribution < -0.4 is 15.0 Å². The van der Waals surface area contributed by atoms with Gasteiger partial charge in [0.15, 0.2) is 6.61 Å². The molecule has 1 heterocycles. The van der Waals surface area contributed by atoms with Crippen molar-refractivity contribution in [3.05, 3.63) is 86.2 Å². The van der Waals surface area contributed by atoms with Crippen molar-refractivity contribution in [2.24, 2.45) is 0 Å². The smallest absolute Gasteiger partial charge is 0.271 e. The molecule has 0 amide bonds. The van der Waals surface area contributed by atoms with Gasteiger partial charge in [0.25, 0.3) is 5.56 Å². The third-order valence-corrected chi connectivity index (χ3v) is 5.37. The first-order chi connectivity index (χ1) is 15.4. The molecule has 0 saturated heterocycles. The molecule has 0 fully saturated rings. The van der Waals surface area contributed by atoms with Crippen molar-refractivity contribution in [1.82, 2.24) is 4.57 Å². The molecular formula is C24H21ClN2O5. The number of ketones is 1. The Morgan fingerprint density at radius 3 is 2.50 bits per heavy atom. The lowest BCUT2D eigenvalue weighted by atomic mass is 10.0. The average molecular weight is 453 g/mol. The zero-order chi connectivity index (χ0) is 23.3. The highest BCUT2D eigenvalue weighted by molar-refractivity contribution is 6.32. The molecule has 0 atom stereocenters.